The fourth-order valence-corrected chi connectivity index (χ4v) is 2.40. The average molecular weight is 268 g/mol. The highest BCUT2D eigenvalue weighted by atomic mass is 35.5. The maximum atomic E-state index is 11.2. The number of nitrogen functional groups attached to an aromatic ring is 1. The molecule has 0 bridgehead atoms. The highest BCUT2D eigenvalue weighted by molar-refractivity contribution is 6.32. The van der Waals surface area contributed by atoms with E-state index in [1.54, 1.807) is 6.07 Å². The molecule has 1 heterocycles. The summed E-state index contributed by atoms with van der Waals surface area (Å²) >= 11 is 6.10. The van der Waals surface area contributed by atoms with Crippen LogP contribution < -0.4 is 5.73 Å². The van der Waals surface area contributed by atoms with Gasteiger partial charge in [0.15, 0.2) is 0 Å². The lowest BCUT2D eigenvalue weighted by atomic mass is 10.1. The number of likely N-dealkylation sites (tertiary alicyclic amines) is 1. The van der Waals surface area contributed by atoms with E-state index in [4.69, 9.17) is 17.3 Å². The van der Waals surface area contributed by atoms with Crippen LogP contribution in [0.15, 0.2) is 17.3 Å². The van der Waals surface area contributed by atoms with Gasteiger partial charge in [0.2, 0.25) is 0 Å². The SMILES string of the molecule is Nc1cc(CN2CCCC2)c(Cl)cc1C(=O)N=O. The molecule has 1 fully saturated rings. The molecule has 0 aromatic heterocycles. The van der Waals surface area contributed by atoms with Crippen molar-refractivity contribution in [3.63, 3.8) is 0 Å². The molecule has 1 saturated heterocycles. The van der Waals surface area contributed by atoms with E-state index in [0.717, 1.165) is 18.7 Å². The van der Waals surface area contributed by atoms with Crippen LogP contribution in [0.1, 0.15) is 28.8 Å². The van der Waals surface area contributed by atoms with Gasteiger partial charge in [-0.15, -0.1) is 4.91 Å². The van der Waals surface area contributed by atoms with E-state index in [1.807, 2.05) is 0 Å². The lowest BCUT2D eigenvalue weighted by Gasteiger charge is -2.16. The Morgan fingerprint density at radius 3 is 2.67 bits per heavy atom. The summed E-state index contributed by atoms with van der Waals surface area (Å²) in [6, 6.07) is 3.07. The molecule has 1 aliphatic rings. The van der Waals surface area contributed by atoms with Gasteiger partial charge in [0.25, 0.3) is 0 Å². The number of carbonyl (C=O) groups is 1. The summed E-state index contributed by atoms with van der Waals surface area (Å²) < 4.78 is 0. The third-order valence-corrected chi connectivity index (χ3v) is 3.48. The summed E-state index contributed by atoms with van der Waals surface area (Å²) in [5.74, 6) is -0.887. The molecule has 18 heavy (non-hydrogen) atoms. The van der Waals surface area contributed by atoms with Gasteiger partial charge < -0.3 is 5.73 Å². The van der Waals surface area contributed by atoms with E-state index in [2.05, 4.69) is 10.1 Å². The molecule has 1 aromatic rings. The van der Waals surface area contributed by atoms with E-state index in [-0.39, 0.29) is 11.3 Å². The molecule has 1 aliphatic heterocycles. The van der Waals surface area contributed by atoms with Crippen molar-refractivity contribution < 1.29 is 4.79 Å². The Balaban J connectivity index is 2.24. The average Bonchev–Trinajstić information content (AvgIpc) is 2.85. The first-order valence-corrected chi connectivity index (χ1v) is 6.17. The first kappa shape index (κ1) is 13.0. The summed E-state index contributed by atoms with van der Waals surface area (Å²) in [7, 11) is 0. The van der Waals surface area contributed by atoms with Gasteiger partial charge >= 0.3 is 5.91 Å². The molecule has 0 radical (unpaired) electrons. The van der Waals surface area contributed by atoms with Crippen LogP contribution in [-0.2, 0) is 6.54 Å². The van der Waals surface area contributed by atoms with Crippen molar-refractivity contribution in [2.75, 3.05) is 18.8 Å². The normalized spacial score (nSPS) is 15.8. The van der Waals surface area contributed by atoms with Gasteiger partial charge in [0, 0.05) is 22.4 Å². The van der Waals surface area contributed by atoms with Gasteiger partial charge in [0.05, 0.1) is 5.56 Å². The molecule has 0 spiro atoms. The maximum absolute atomic E-state index is 11.2. The smallest absolute Gasteiger partial charge is 0.318 e. The number of nitrogens with zero attached hydrogens (tertiary/aromatic N) is 2. The number of benzene rings is 1. The fraction of sp³-hybridized carbons (Fsp3) is 0.417. The molecule has 0 unspecified atom stereocenters. The maximum Gasteiger partial charge on any atom is 0.318 e. The van der Waals surface area contributed by atoms with Crippen molar-refractivity contribution in [3.8, 4) is 0 Å². The molecule has 0 atom stereocenters. The number of nitroso groups, excluding NO2 is 1. The van der Waals surface area contributed by atoms with Gasteiger partial charge in [-0.05, 0) is 43.6 Å². The largest absolute Gasteiger partial charge is 0.398 e. The Hall–Kier alpha value is -1.46. The van der Waals surface area contributed by atoms with Crippen LogP contribution in [0.25, 0.3) is 0 Å². The first-order chi connectivity index (χ1) is 8.61. The summed E-state index contributed by atoms with van der Waals surface area (Å²) in [5, 5.41) is 2.80. The van der Waals surface area contributed by atoms with Crippen molar-refractivity contribution >= 4 is 23.2 Å². The minimum atomic E-state index is -0.887. The Morgan fingerprint density at radius 1 is 1.39 bits per heavy atom. The third kappa shape index (κ3) is 2.68. The predicted molar refractivity (Wildman–Crippen MR) is 70.5 cm³/mol. The van der Waals surface area contributed by atoms with E-state index < -0.39 is 5.91 Å². The monoisotopic (exact) mass is 267 g/mol. The number of hydrogen-bond acceptors (Lipinski definition) is 4. The topological polar surface area (TPSA) is 75.8 Å². The molecule has 5 nitrogen and oxygen atoms in total. The number of hydrogen-bond donors (Lipinski definition) is 1. The molecule has 0 saturated carbocycles. The molecule has 0 aliphatic carbocycles. The van der Waals surface area contributed by atoms with Crippen LogP contribution in [0.5, 0.6) is 0 Å². The van der Waals surface area contributed by atoms with Gasteiger partial charge in [-0.25, -0.2) is 0 Å². The van der Waals surface area contributed by atoms with Gasteiger partial charge in [0.1, 0.15) is 0 Å². The molecule has 1 amide bonds. The second kappa shape index (κ2) is 5.46. The zero-order valence-corrected chi connectivity index (χ0v) is 10.6. The fourth-order valence-electron chi connectivity index (χ4n) is 2.17. The minimum absolute atomic E-state index is 0.0696. The molecular weight excluding hydrogens is 254 g/mol. The molecule has 2 rings (SSSR count). The third-order valence-electron chi connectivity index (χ3n) is 3.12. The number of anilines is 1. The Morgan fingerprint density at radius 2 is 2.06 bits per heavy atom. The van der Waals surface area contributed by atoms with E-state index in [1.165, 1.54) is 18.9 Å². The summed E-state index contributed by atoms with van der Waals surface area (Å²) in [6.07, 6.45) is 2.39. The highest BCUT2D eigenvalue weighted by Gasteiger charge is 2.17. The molecule has 1 aromatic carbocycles. The van der Waals surface area contributed by atoms with E-state index in [9.17, 15) is 9.70 Å². The number of carbonyl (C=O) groups excluding carboxylic acids is 1. The van der Waals surface area contributed by atoms with Crippen molar-refractivity contribution in [1.82, 2.24) is 4.90 Å². The van der Waals surface area contributed by atoms with Gasteiger partial charge in [-0.2, -0.15) is 0 Å². The Kier molecular flexibility index (Phi) is 3.93. The van der Waals surface area contributed by atoms with Crippen molar-refractivity contribution in [2.45, 2.75) is 19.4 Å². The number of rotatable bonds is 3. The van der Waals surface area contributed by atoms with E-state index in [0.29, 0.717) is 11.6 Å². The summed E-state index contributed by atoms with van der Waals surface area (Å²) in [5.41, 5.74) is 6.94. The lowest BCUT2D eigenvalue weighted by molar-refractivity contribution is 0.100. The second-order valence-electron chi connectivity index (χ2n) is 4.41. The first-order valence-electron chi connectivity index (χ1n) is 5.79. The summed E-state index contributed by atoms with van der Waals surface area (Å²) in [6.45, 7) is 2.81. The van der Waals surface area contributed by atoms with Crippen LogP contribution in [0.2, 0.25) is 5.02 Å². The number of amides is 1. The zero-order valence-electron chi connectivity index (χ0n) is 9.86. The molecular formula is C12H14ClN3O2. The lowest BCUT2D eigenvalue weighted by Crippen LogP contribution is -2.19. The van der Waals surface area contributed by atoms with Crippen LogP contribution in [0.3, 0.4) is 0 Å². The quantitative estimate of drug-likeness (QED) is 0.674. The van der Waals surface area contributed by atoms with Crippen LogP contribution in [-0.4, -0.2) is 23.9 Å². The van der Waals surface area contributed by atoms with Crippen molar-refractivity contribution in [1.29, 1.82) is 0 Å². The van der Waals surface area contributed by atoms with Crippen LogP contribution >= 0.6 is 11.6 Å². The second-order valence-corrected chi connectivity index (χ2v) is 4.82. The highest BCUT2D eigenvalue weighted by Crippen LogP contribution is 2.26. The van der Waals surface area contributed by atoms with Gasteiger partial charge in [-0.1, -0.05) is 11.6 Å². The molecule has 6 heteroatoms. The van der Waals surface area contributed by atoms with Crippen LogP contribution in [0.4, 0.5) is 5.69 Å². The van der Waals surface area contributed by atoms with Crippen LogP contribution in [0, 0.1) is 4.91 Å². The van der Waals surface area contributed by atoms with Crippen molar-refractivity contribution in [3.05, 3.63) is 33.2 Å². The standard InChI is InChI=1S/C12H14ClN3O2/c13-10-6-9(12(17)15-18)11(14)5-8(10)7-16-3-1-2-4-16/h5-6H,1-4,7,14H2. The zero-order chi connectivity index (χ0) is 13.1. The van der Waals surface area contributed by atoms with Crippen molar-refractivity contribution in [2.24, 2.45) is 5.18 Å². The number of nitrogens with two attached hydrogens (primary N) is 1. The molecule has 96 valence electrons. The Labute approximate surface area is 110 Å². The minimum Gasteiger partial charge on any atom is -0.398 e. The van der Waals surface area contributed by atoms with E-state index >= 15 is 0 Å². The summed E-state index contributed by atoms with van der Waals surface area (Å²) in [4.78, 5) is 23.7. The Bertz CT molecular complexity index is 484. The molecule has 2 N–H and O–H groups in total. The number of halogens is 1. The predicted octanol–water partition coefficient (Wildman–Crippen LogP) is 2.42. The van der Waals surface area contributed by atoms with Gasteiger partial charge in [-0.3, -0.25) is 9.69 Å².